The minimum absolute atomic E-state index is 0.0378. The van der Waals surface area contributed by atoms with Crippen LogP contribution in [-0.2, 0) is 9.59 Å². The first-order chi connectivity index (χ1) is 16.7. The van der Waals surface area contributed by atoms with E-state index in [-0.39, 0.29) is 17.6 Å². The topological polar surface area (TPSA) is 84.9 Å². The predicted octanol–water partition coefficient (Wildman–Crippen LogP) is 6.06. The van der Waals surface area contributed by atoms with Crippen molar-refractivity contribution in [2.75, 3.05) is 18.5 Å². The molecular formula is C27H32N2O5S. The number of rotatable bonds is 10. The number of carbonyl (C=O) groups excluding carboxylic acids is 3. The summed E-state index contributed by atoms with van der Waals surface area (Å²) in [4.78, 5) is 39.0. The van der Waals surface area contributed by atoms with Crippen LogP contribution in [0.1, 0.15) is 58.1 Å². The van der Waals surface area contributed by atoms with Gasteiger partial charge in [0.2, 0.25) is 5.91 Å². The third-order valence-corrected chi connectivity index (χ3v) is 6.41. The fourth-order valence-corrected chi connectivity index (χ4v) is 4.20. The molecule has 186 valence electrons. The van der Waals surface area contributed by atoms with Gasteiger partial charge in [-0.05, 0) is 79.4 Å². The van der Waals surface area contributed by atoms with E-state index in [1.165, 1.54) is 0 Å². The Balaban J connectivity index is 1.70. The number of nitrogens with zero attached hydrogens (tertiary/aromatic N) is 1. The Hall–Kier alpha value is -3.26. The molecule has 1 aliphatic rings. The molecule has 7 nitrogen and oxygen atoms in total. The molecule has 0 bridgehead atoms. The molecule has 3 amide bonds. The highest BCUT2D eigenvalue weighted by Crippen LogP contribution is 2.35. The van der Waals surface area contributed by atoms with Gasteiger partial charge in [0.1, 0.15) is 6.54 Å². The van der Waals surface area contributed by atoms with Crippen LogP contribution in [0.25, 0.3) is 6.08 Å². The first kappa shape index (κ1) is 26.3. The van der Waals surface area contributed by atoms with Crippen molar-refractivity contribution >= 4 is 40.6 Å². The minimum atomic E-state index is -0.497. The van der Waals surface area contributed by atoms with Gasteiger partial charge in [-0.3, -0.25) is 19.3 Å². The van der Waals surface area contributed by atoms with Gasteiger partial charge in [-0.2, -0.15) is 0 Å². The Bertz CT molecular complexity index is 1110. The Kier molecular flexibility index (Phi) is 8.98. The number of ether oxygens (including phenoxy) is 2. The van der Waals surface area contributed by atoms with E-state index in [0.717, 1.165) is 28.6 Å². The Morgan fingerprint density at radius 3 is 2.40 bits per heavy atom. The van der Waals surface area contributed by atoms with Crippen molar-refractivity contribution in [2.45, 2.75) is 53.1 Å². The summed E-state index contributed by atoms with van der Waals surface area (Å²) in [5.74, 6) is 0.655. The van der Waals surface area contributed by atoms with E-state index in [4.69, 9.17) is 9.47 Å². The van der Waals surface area contributed by atoms with Crippen molar-refractivity contribution in [1.29, 1.82) is 0 Å². The smallest absolute Gasteiger partial charge is 0.294 e. The molecule has 0 radical (unpaired) electrons. The lowest BCUT2D eigenvalue weighted by Gasteiger charge is -2.16. The number of thioether (sulfide) groups is 1. The second kappa shape index (κ2) is 11.9. The summed E-state index contributed by atoms with van der Waals surface area (Å²) in [6.07, 6.45) is 2.52. The van der Waals surface area contributed by atoms with Crippen LogP contribution in [0.15, 0.2) is 47.4 Å². The summed E-state index contributed by atoms with van der Waals surface area (Å²) in [6.45, 7) is 10.2. The lowest BCUT2D eigenvalue weighted by molar-refractivity contribution is -0.127. The fraction of sp³-hybridized carbons (Fsp3) is 0.370. The highest BCUT2D eigenvalue weighted by molar-refractivity contribution is 8.18. The average Bonchev–Trinajstić information content (AvgIpc) is 3.08. The largest absolute Gasteiger partial charge is 0.490 e. The molecule has 0 aromatic heterocycles. The van der Waals surface area contributed by atoms with Crippen molar-refractivity contribution in [1.82, 2.24) is 4.90 Å². The second-order valence-electron chi connectivity index (χ2n) is 8.57. The summed E-state index contributed by atoms with van der Waals surface area (Å²) < 4.78 is 11.6. The molecule has 0 saturated carbocycles. The standard InChI is InChI=1S/C27H32N2O5S/c1-6-18(5)34-22-13-8-19(14-23(22)33-7-2)15-24-26(31)29(27(32)35-24)16-25(30)28-21-11-9-20(10-12-21)17(3)4/h8-15,17-18H,6-7,16H2,1-5H3,(H,28,30)/b24-15+/t18-/m1/s1. The van der Waals surface area contributed by atoms with E-state index in [9.17, 15) is 14.4 Å². The second-order valence-corrected chi connectivity index (χ2v) is 9.56. The summed E-state index contributed by atoms with van der Waals surface area (Å²) in [5.41, 5.74) is 2.47. The summed E-state index contributed by atoms with van der Waals surface area (Å²) >= 11 is 0.814. The average molecular weight is 497 g/mol. The van der Waals surface area contributed by atoms with Crippen LogP contribution in [0.5, 0.6) is 11.5 Å². The van der Waals surface area contributed by atoms with Gasteiger partial charge >= 0.3 is 0 Å². The number of imide groups is 1. The van der Waals surface area contributed by atoms with Gasteiger partial charge < -0.3 is 14.8 Å². The number of amides is 3. The third kappa shape index (κ3) is 6.88. The molecule has 1 aliphatic heterocycles. The number of benzene rings is 2. The van der Waals surface area contributed by atoms with E-state index in [2.05, 4.69) is 19.2 Å². The molecule has 1 atom stereocenters. The fourth-order valence-electron chi connectivity index (χ4n) is 3.36. The lowest BCUT2D eigenvalue weighted by atomic mass is 10.0. The Morgan fingerprint density at radius 1 is 1.06 bits per heavy atom. The molecule has 1 heterocycles. The van der Waals surface area contributed by atoms with Gasteiger partial charge in [-0.25, -0.2) is 0 Å². The van der Waals surface area contributed by atoms with Crippen LogP contribution in [-0.4, -0.2) is 41.2 Å². The molecule has 1 fully saturated rings. The molecule has 1 saturated heterocycles. The number of hydrogen-bond donors (Lipinski definition) is 1. The predicted molar refractivity (Wildman–Crippen MR) is 140 cm³/mol. The molecule has 2 aromatic carbocycles. The molecule has 0 aliphatic carbocycles. The first-order valence-electron chi connectivity index (χ1n) is 11.8. The van der Waals surface area contributed by atoms with E-state index in [1.807, 2.05) is 51.1 Å². The van der Waals surface area contributed by atoms with E-state index < -0.39 is 17.1 Å². The molecular weight excluding hydrogens is 464 g/mol. The Labute approximate surface area is 210 Å². The summed E-state index contributed by atoms with van der Waals surface area (Å²) in [5, 5.41) is 2.27. The van der Waals surface area contributed by atoms with Crippen molar-refractivity contribution in [3.05, 3.63) is 58.5 Å². The Morgan fingerprint density at radius 2 is 1.77 bits per heavy atom. The summed E-state index contributed by atoms with van der Waals surface area (Å²) in [7, 11) is 0. The third-order valence-electron chi connectivity index (χ3n) is 5.50. The molecule has 3 rings (SSSR count). The normalized spacial score (nSPS) is 15.6. The van der Waals surface area contributed by atoms with Crippen LogP contribution in [0.3, 0.4) is 0 Å². The van der Waals surface area contributed by atoms with Crippen LogP contribution in [0, 0.1) is 0 Å². The highest BCUT2D eigenvalue weighted by atomic mass is 32.2. The number of nitrogens with one attached hydrogen (secondary N) is 1. The maximum atomic E-state index is 12.9. The van der Waals surface area contributed by atoms with Gasteiger partial charge in [0.15, 0.2) is 11.5 Å². The summed E-state index contributed by atoms with van der Waals surface area (Å²) in [6, 6.07) is 12.9. The molecule has 0 unspecified atom stereocenters. The molecule has 8 heteroatoms. The van der Waals surface area contributed by atoms with Gasteiger partial charge in [-0.1, -0.05) is 39.0 Å². The SMILES string of the molecule is CCOc1cc(/C=C2/SC(=O)N(CC(=O)Nc3ccc(C(C)C)cc3)C2=O)ccc1O[C@H](C)CC. The zero-order valence-corrected chi connectivity index (χ0v) is 21.6. The molecule has 0 spiro atoms. The van der Waals surface area contributed by atoms with Crippen LogP contribution in [0.2, 0.25) is 0 Å². The van der Waals surface area contributed by atoms with Crippen LogP contribution >= 0.6 is 11.8 Å². The number of carbonyl (C=O) groups is 3. The molecule has 1 N–H and O–H groups in total. The zero-order valence-electron chi connectivity index (χ0n) is 20.8. The first-order valence-corrected chi connectivity index (χ1v) is 12.6. The van der Waals surface area contributed by atoms with E-state index >= 15 is 0 Å². The van der Waals surface area contributed by atoms with Crippen molar-refractivity contribution in [3.63, 3.8) is 0 Å². The van der Waals surface area contributed by atoms with Crippen LogP contribution in [0.4, 0.5) is 10.5 Å². The number of anilines is 1. The van der Waals surface area contributed by atoms with E-state index in [0.29, 0.717) is 35.3 Å². The maximum Gasteiger partial charge on any atom is 0.294 e. The van der Waals surface area contributed by atoms with Crippen molar-refractivity contribution < 1.29 is 23.9 Å². The van der Waals surface area contributed by atoms with E-state index in [1.54, 1.807) is 18.2 Å². The van der Waals surface area contributed by atoms with Gasteiger partial charge in [0, 0.05) is 5.69 Å². The van der Waals surface area contributed by atoms with Gasteiger partial charge in [0.05, 0.1) is 17.6 Å². The zero-order chi connectivity index (χ0) is 25.5. The maximum absolute atomic E-state index is 12.9. The van der Waals surface area contributed by atoms with Gasteiger partial charge in [-0.15, -0.1) is 0 Å². The minimum Gasteiger partial charge on any atom is -0.490 e. The quantitative estimate of drug-likeness (QED) is 0.403. The molecule has 2 aromatic rings. The lowest BCUT2D eigenvalue weighted by Crippen LogP contribution is -2.36. The monoisotopic (exact) mass is 496 g/mol. The van der Waals surface area contributed by atoms with Gasteiger partial charge in [0.25, 0.3) is 11.1 Å². The molecule has 35 heavy (non-hydrogen) atoms. The van der Waals surface area contributed by atoms with Crippen molar-refractivity contribution in [3.8, 4) is 11.5 Å². The van der Waals surface area contributed by atoms with Crippen LogP contribution < -0.4 is 14.8 Å². The highest BCUT2D eigenvalue weighted by Gasteiger charge is 2.36. The number of hydrogen-bond acceptors (Lipinski definition) is 6. The van der Waals surface area contributed by atoms with Crippen molar-refractivity contribution in [2.24, 2.45) is 0 Å².